The predicted octanol–water partition coefficient (Wildman–Crippen LogP) is 5.54. The highest BCUT2D eigenvalue weighted by Crippen LogP contribution is 2.30. The molecule has 1 fully saturated rings. The molecule has 4 nitrogen and oxygen atoms in total. The van der Waals surface area contributed by atoms with Crippen molar-refractivity contribution >= 4 is 40.3 Å². The van der Waals surface area contributed by atoms with Crippen LogP contribution in [0.3, 0.4) is 0 Å². The second-order valence-electron chi connectivity index (χ2n) is 6.79. The largest absolute Gasteiger partial charge is 0.493 e. The number of para-hydroxylation sites is 2. The van der Waals surface area contributed by atoms with Crippen LogP contribution in [-0.2, 0) is 4.79 Å². The van der Waals surface area contributed by atoms with Crippen LogP contribution in [0, 0.1) is 0 Å². The fourth-order valence-corrected chi connectivity index (χ4v) is 3.99. The molecule has 6 heteroatoms. The zero-order valence-electron chi connectivity index (χ0n) is 16.6. The number of nitrogens with one attached hydrogen (secondary N) is 1. The zero-order valence-corrected chi connectivity index (χ0v) is 18.3. The molecule has 0 radical (unpaired) electrons. The predicted molar refractivity (Wildman–Crippen MR) is 124 cm³/mol. The number of thiocarbonyl (C=S) groups is 1. The van der Waals surface area contributed by atoms with Crippen molar-refractivity contribution in [3.8, 4) is 11.5 Å². The summed E-state index contributed by atoms with van der Waals surface area (Å²) in [7, 11) is 0. The van der Waals surface area contributed by atoms with E-state index in [-0.39, 0.29) is 5.91 Å². The minimum Gasteiger partial charge on any atom is -0.493 e. The van der Waals surface area contributed by atoms with Crippen LogP contribution in [0.1, 0.15) is 43.7 Å². The van der Waals surface area contributed by atoms with Crippen molar-refractivity contribution in [3.63, 3.8) is 0 Å². The molecule has 2 aromatic carbocycles. The quantitative estimate of drug-likeness (QED) is 0.324. The Bertz CT molecular complexity index is 911. The molecular weight excluding hydrogens is 402 g/mol. The smallest absolute Gasteiger partial charge is 0.263 e. The van der Waals surface area contributed by atoms with Crippen LogP contribution in [0.2, 0.25) is 0 Å². The number of thioether (sulfide) groups is 1. The Labute approximate surface area is 181 Å². The number of rotatable bonds is 9. The lowest BCUT2D eigenvalue weighted by Crippen LogP contribution is -2.17. The highest BCUT2D eigenvalue weighted by Gasteiger charge is 2.22. The number of hydrogen-bond acceptors (Lipinski definition) is 5. The normalized spacial score (nSPS) is 16.0. The van der Waals surface area contributed by atoms with E-state index in [0.29, 0.717) is 28.4 Å². The summed E-state index contributed by atoms with van der Waals surface area (Å²) in [5, 5.41) is 2.63. The van der Waals surface area contributed by atoms with Crippen molar-refractivity contribution < 1.29 is 14.3 Å². The molecule has 0 spiro atoms. The van der Waals surface area contributed by atoms with Crippen LogP contribution in [-0.4, -0.2) is 23.4 Å². The number of benzene rings is 2. The van der Waals surface area contributed by atoms with Crippen LogP contribution in [0.4, 0.5) is 0 Å². The van der Waals surface area contributed by atoms with Gasteiger partial charge in [0.05, 0.1) is 18.1 Å². The maximum atomic E-state index is 11.9. The van der Waals surface area contributed by atoms with Gasteiger partial charge in [0, 0.05) is 12.0 Å². The maximum absolute atomic E-state index is 11.9. The number of carbonyl (C=O) groups is 1. The molecule has 0 unspecified atom stereocenters. The molecule has 1 atom stereocenters. The number of amides is 1. The number of carbonyl (C=O) groups excluding carboxylic acids is 1. The molecule has 1 N–H and O–H groups in total. The number of ether oxygens (including phenoxy) is 2. The Balaban J connectivity index is 1.54. The molecular formula is C23H25NO3S2. The molecule has 1 aliphatic rings. The topological polar surface area (TPSA) is 47.6 Å². The van der Waals surface area contributed by atoms with Gasteiger partial charge in [-0.1, -0.05) is 74.2 Å². The summed E-state index contributed by atoms with van der Waals surface area (Å²) >= 11 is 6.31. The molecule has 1 amide bonds. The molecule has 0 saturated carbocycles. The maximum Gasteiger partial charge on any atom is 0.263 e. The first-order valence-corrected chi connectivity index (χ1v) is 11.0. The van der Waals surface area contributed by atoms with Gasteiger partial charge in [0.15, 0.2) is 0 Å². The highest BCUT2D eigenvalue weighted by atomic mass is 32.2. The van der Waals surface area contributed by atoms with E-state index in [1.165, 1.54) is 17.3 Å². The lowest BCUT2D eigenvalue weighted by Gasteiger charge is -2.16. The Morgan fingerprint density at radius 3 is 2.41 bits per heavy atom. The second kappa shape index (κ2) is 10.5. The van der Waals surface area contributed by atoms with E-state index in [0.717, 1.165) is 29.9 Å². The standard InChI is InChI=1S/C23H25NO3S2/c1-3-16(2)18-10-5-7-12-20(18)27-14-8-13-26-19-11-6-4-9-17(19)15-21-22(25)24-23(28)29-21/h4-7,9-12,15-16H,3,8,13-14H2,1-2H3,(H,24,25,28)/b21-15-/t16-/m0/s1. The molecule has 152 valence electrons. The lowest BCUT2D eigenvalue weighted by molar-refractivity contribution is -0.115. The van der Waals surface area contributed by atoms with Crippen molar-refractivity contribution in [2.24, 2.45) is 0 Å². The third kappa shape index (κ3) is 5.84. The van der Waals surface area contributed by atoms with Gasteiger partial charge in [-0.25, -0.2) is 0 Å². The molecule has 0 aromatic heterocycles. The van der Waals surface area contributed by atoms with E-state index < -0.39 is 0 Å². The minimum atomic E-state index is -0.164. The van der Waals surface area contributed by atoms with Gasteiger partial charge in [0.25, 0.3) is 5.91 Å². The zero-order chi connectivity index (χ0) is 20.6. The van der Waals surface area contributed by atoms with Crippen LogP contribution in [0.5, 0.6) is 11.5 Å². The van der Waals surface area contributed by atoms with Crippen LogP contribution >= 0.6 is 24.0 Å². The third-order valence-electron chi connectivity index (χ3n) is 4.71. The van der Waals surface area contributed by atoms with Gasteiger partial charge >= 0.3 is 0 Å². The fraction of sp³-hybridized carbons (Fsp3) is 0.304. The lowest BCUT2D eigenvalue weighted by atomic mass is 9.98. The van der Waals surface area contributed by atoms with E-state index in [1.54, 1.807) is 0 Å². The summed E-state index contributed by atoms with van der Waals surface area (Å²) in [5.74, 6) is 2.00. The van der Waals surface area contributed by atoms with Crippen molar-refractivity contribution in [1.82, 2.24) is 5.32 Å². The molecule has 0 bridgehead atoms. The Kier molecular flexibility index (Phi) is 7.72. The molecule has 29 heavy (non-hydrogen) atoms. The Morgan fingerprint density at radius 1 is 1.07 bits per heavy atom. The van der Waals surface area contributed by atoms with E-state index >= 15 is 0 Å². The van der Waals surface area contributed by atoms with E-state index in [1.807, 2.05) is 42.5 Å². The van der Waals surface area contributed by atoms with Gasteiger partial charge in [-0.05, 0) is 36.1 Å². The summed E-state index contributed by atoms with van der Waals surface area (Å²) in [6.07, 6.45) is 3.66. The van der Waals surface area contributed by atoms with Crippen molar-refractivity contribution in [2.75, 3.05) is 13.2 Å². The van der Waals surface area contributed by atoms with Crippen molar-refractivity contribution in [1.29, 1.82) is 0 Å². The first-order chi connectivity index (χ1) is 14.1. The van der Waals surface area contributed by atoms with Gasteiger partial charge in [0.1, 0.15) is 15.8 Å². The molecule has 1 saturated heterocycles. The molecule has 0 aliphatic carbocycles. The third-order valence-corrected chi connectivity index (χ3v) is 5.88. The number of hydrogen-bond donors (Lipinski definition) is 1. The van der Waals surface area contributed by atoms with Gasteiger partial charge in [-0.3, -0.25) is 4.79 Å². The first-order valence-electron chi connectivity index (χ1n) is 9.77. The van der Waals surface area contributed by atoms with Crippen molar-refractivity contribution in [3.05, 3.63) is 64.6 Å². The SMILES string of the molecule is CC[C@H](C)c1ccccc1OCCCOc1ccccc1/C=C1\SC(=S)NC1=O. The summed E-state index contributed by atoms with van der Waals surface area (Å²) < 4.78 is 12.4. The van der Waals surface area contributed by atoms with Gasteiger partial charge in [-0.2, -0.15) is 0 Å². The van der Waals surface area contributed by atoms with E-state index in [4.69, 9.17) is 21.7 Å². The Morgan fingerprint density at radius 2 is 1.72 bits per heavy atom. The molecule has 2 aromatic rings. The van der Waals surface area contributed by atoms with E-state index in [2.05, 4.69) is 31.3 Å². The molecule has 1 heterocycles. The summed E-state index contributed by atoms with van der Waals surface area (Å²) in [5.41, 5.74) is 2.11. The van der Waals surface area contributed by atoms with Gasteiger partial charge < -0.3 is 14.8 Å². The average Bonchev–Trinajstić information content (AvgIpc) is 3.05. The first kappa shape index (κ1) is 21.4. The Hall–Kier alpha value is -2.31. The van der Waals surface area contributed by atoms with Gasteiger partial charge in [0.2, 0.25) is 0 Å². The fourth-order valence-electron chi connectivity index (χ4n) is 2.96. The molecule has 1 aliphatic heterocycles. The van der Waals surface area contributed by atoms with Crippen LogP contribution in [0.25, 0.3) is 6.08 Å². The van der Waals surface area contributed by atoms with Crippen molar-refractivity contribution in [2.45, 2.75) is 32.6 Å². The highest BCUT2D eigenvalue weighted by molar-refractivity contribution is 8.26. The van der Waals surface area contributed by atoms with E-state index in [9.17, 15) is 4.79 Å². The average molecular weight is 428 g/mol. The summed E-state index contributed by atoms with van der Waals surface area (Å²) in [6.45, 7) is 5.52. The summed E-state index contributed by atoms with van der Waals surface area (Å²) in [4.78, 5) is 12.5. The monoisotopic (exact) mass is 427 g/mol. The van der Waals surface area contributed by atoms with Crippen LogP contribution < -0.4 is 14.8 Å². The van der Waals surface area contributed by atoms with Gasteiger partial charge in [-0.15, -0.1) is 0 Å². The summed E-state index contributed by atoms with van der Waals surface area (Å²) in [6, 6.07) is 15.9. The minimum absolute atomic E-state index is 0.164. The second-order valence-corrected chi connectivity index (χ2v) is 8.51. The van der Waals surface area contributed by atoms with Crippen LogP contribution in [0.15, 0.2) is 53.4 Å². The molecule has 3 rings (SSSR count).